The lowest BCUT2D eigenvalue weighted by Crippen LogP contribution is -2.06. The van der Waals surface area contributed by atoms with Gasteiger partial charge in [-0.25, -0.2) is 9.78 Å². The molecule has 0 radical (unpaired) electrons. The van der Waals surface area contributed by atoms with Gasteiger partial charge in [-0.1, -0.05) is 0 Å². The van der Waals surface area contributed by atoms with Crippen LogP contribution in [-0.2, 0) is 11.8 Å². The lowest BCUT2D eigenvalue weighted by atomic mass is 10.2. The summed E-state index contributed by atoms with van der Waals surface area (Å²) >= 11 is 0. The maximum Gasteiger partial charge on any atom is 0.373 e. The molecule has 0 amide bonds. The van der Waals surface area contributed by atoms with Crippen molar-refractivity contribution in [3.63, 3.8) is 0 Å². The van der Waals surface area contributed by atoms with Crippen molar-refractivity contribution in [2.45, 2.75) is 0 Å². The molecule has 0 fully saturated rings. The predicted octanol–water partition coefficient (Wildman–Crippen LogP) is 1.03. The largest absolute Gasteiger partial charge is 0.463 e. The van der Waals surface area contributed by atoms with E-state index in [4.69, 9.17) is 4.42 Å². The molecule has 0 N–H and O–H groups in total. The molecule has 0 aromatic carbocycles. The number of nitrogens with zero attached hydrogens (tertiary/aromatic N) is 2. The molecule has 0 aliphatic heterocycles. The van der Waals surface area contributed by atoms with Crippen LogP contribution in [0.25, 0.3) is 0 Å². The lowest BCUT2D eigenvalue weighted by Gasteiger charge is -1.98. The van der Waals surface area contributed by atoms with Crippen molar-refractivity contribution < 1.29 is 18.7 Å². The molecule has 2 aromatic heterocycles. The van der Waals surface area contributed by atoms with Crippen molar-refractivity contribution >= 4 is 11.8 Å². The van der Waals surface area contributed by atoms with E-state index in [9.17, 15) is 9.59 Å². The minimum absolute atomic E-state index is 0.00183. The minimum Gasteiger partial charge on any atom is -0.463 e. The standard InChI is InChI=1S/C11H10N2O4/c1-13-6-12-5-7(13)10(14)8-3-4-9(17-8)11(15)16-2/h3-6H,1-2H3. The zero-order valence-electron chi connectivity index (χ0n) is 9.34. The highest BCUT2D eigenvalue weighted by molar-refractivity contribution is 6.06. The number of aromatic nitrogens is 2. The van der Waals surface area contributed by atoms with E-state index < -0.39 is 5.97 Å². The minimum atomic E-state index is -0.617. The SMILES string of the molecule is COC(=O)c1ccc(C(=O)c2cncn2C)o1. The number of ether oxygens (including phenoxy) is 1. The van der Waals surface area contributed by atoms with E-state index >= 15 is 0 Å². The summed E-state index contributed by atoms with van der Waals surface area (Å²) in [5.41, 5.74) is 0.385. The van der Waals surface area contributed by atoms with Crippen molar-refractivity contribution in [2.75, 3.05) is 7.11 Å². The summed E-state index contributed by atoms with van der Waals surface area (Å²) in [4.78, 5) is 26.9. The van der Waals surface area contributed by atoms with Crippen LogP contribution in [0.4, 0.5) is 0 Å². The first-order chi connectivity index (χ1) is 8.13. The Kier molecular flexibility index (Phi) is 2.78. The third-order valence-electron chi connectivity index (χ3n) is 2.27. The molecule has 2 heterocycles. The molecule has 0 atom stereocenters. The smallest absolute Gasteiger partial charge is 0.373 e. The van der Waals surface area contributed by atoms with Gasteiger partial charge in [-0.3, -0.25) is 4.79 Å². The van der Waals surface area contributed by atoms with Crippen molar-refractivity contribution in [3.05, 3.63) is 41.9 Å². The van der Waals surface area contributed by atoms with E-state index in [2.05, 4.69) is 9.72 Å². The van der Waals surface area contributed by atoms with Gasteiger partial charge in [-0.05, 0) is 12.1 Å². The van der Waals surface area contributed by atoms with E-state index in [0.29, 0.717) is 5.69 Å². The van der Waals surface area contributed by atoms with E-state index in [0.717, 1.165) is 0 Å². The molecule has 17 heavy (non-hydrogen) atoms. The second-order valence-corrected chi connectivity index (χ2v) is 3.37. The van der Waals surface area contributed by atoms with Crippen LogP contribution in [0.3, 0.4) is 0 Å². The van der Waals surface area contributed by atoms with Gasteiger partial charge >= 0.3 is 5.97 Å². The highest BCUT2D eigenvalue weighted by Crippen LogP contribution is 2.13. The zero-order valence-corrected chi connectivity index (χ0v) is 9.34. The molecule has 2 rings (SSSR count). The molecule has 6 nitrogen and oxygen atoms in total. The number of aryl methyl sites for hydroxylation is 1. The number of imidazole rings is 1. The Morgan fingerprint density at radius 3 is 2.65 bits per heavy atom. The van der Waals surface area contributed by atoms with Gasteiger partial charge in [0.15, 0.2) is 5.76 Å². The summed E-state index contributed by atoms with van der Waals surface area (Å²) in [6.45, 7) is 0. The molecule has 0 unspecified atom stereocenters. The van der Waals surface area contributed by atoms with E-state index in [1.807, 2.05) is 0 Å². The van der Waals surface area contributed by atoms with Crippen molar-refractivity contribution in [1.29, 1.82) is 0 Å². The zero-order chi connectivity index (χ0) is 12.4. The fourth-order valence-electron chi connectivity index (χ4n) is 1.37. The molecule has 0 bridgehead atoms. The second kappa shape index (κ2) is 4.25. The molecule has 6 heteroatoms. The summed E-state index contributed by atoms with van der Waals surface area (Å²) in [7, 11) is 2.94. The van der Waals surface area contributed by atoms with Crippen LogP contribution in [0.15, 0.2) is 29.1 Å². The Morgan fingerprint density at radius 2 is 2.06 bits per heavy atom. The number of furan rings is 1. The van der Waals surface area contributed by atoms with Crippen LogP contribution in [0.2, 0.25) is 0 Å². The van der Waals surface area contributed by atoms with Gasteiger partial charge in [0.05, 0.1) is 19.6 Å². The second-order valence-electron chi connectivity index (χ2n) is 3.37. The van der Waals surface area contributed by atoms with Gasteiger partial charge in [0.2, 0.25) is 11.5 Å². The van der Waals surface area contributed by atoms with Crippen LogP contribution in [0, 0.1) is 0 Å². The molecule has 0 saturated heterocycles. The summed E-state index contributed by atoms with van der Waals surface area (Å²) in [5.74, 6) is -0.874. The maximum absolute atomic E-state index is 11.9. The summed E-state index contributed by atoms with van der Waals surface area (Å²) < 4.78 is 11.2. The number of hydrogen-bond acceptors (Lipinski definition) is 5. The Bertz CT molecular complexity index is 568. The predicted molar refractivity (Wildman–Crippen MR) is 56.7 cm³/mol. The molecular formula is C11H10N2O4. The first kappa shape index (κ1) is 11.1. The number of carbonyl (C=O) groups is 2. The number of hydrogen-bond donors (Lipinski definition) is 0. The average molecular weight is 234 g/mol. The van der Waals surface area contributed by atoms with Crippen LogP contribution >= 0.6 is 0 Å². The van der Waals surface area contributed by atoms with Crippen LogP contribution < -0.4 is 0 Å². The monoisotopic (exact) mass is 234 g/mol. The third kappa shape index (κ3) is 1.96. The third-order valence-corrected chi connectivity index (χ3v) is 2.27. The summed E-state index contributed by atoms with van der Waals surface area (Å²) in [6.07, 6.45) is 2.94. The fourth-order valence-corrected chi connectivity index (χ4v) is 1.37. The molecule has 0 aliphatic rings. The van der Waals surface area contributed by atoms with Gasteiger partial charge in [-0.15, -0.1) is 0 Å². The molecule has 0 aliphatic carbocycles. The highest BCUT2D eigenvalue weighted by Gasteiger charge is 2.19. The first-order valence-electron chi connectivity index (χ1n) is 4.82. The quantitative estimate of drug-likeness (QED) is 0.585. The topological polar surface area (TPSA) is 74.3 Å². The number of rotatable bonds is 3. The number of carbonyl (C=O) groups excluding carboxylic acids is 2. The Labute approximate surface area is 96.8 Å². The summed E-state index contributed by atoms with van der Waals surface area (Å²) in [5, 5.41) is 0. The first-order valence-corrected chi connectivity index (χ1v) is 4.82. The van der Waals surface area contributed by atoms with E-state index in [-0.39, 0.29) is 17.3 Å². The normalized spacial score (nSPS) is 10.2. The van der Waals surface area contributed by atoms with Crippen molar-refractivity contribution in [2.24, 2.45) is 7.05 Å². The van der Waals surface area contributed by atoms with E-state index in [1.54, 1.807) is 11.6 Å². The van der Waals surface area contributed by atoms with Crippen LogP contribution in [-0.4, -0.2) is 28.4 Å². The van der Waals surface area contributed by atoms with Crippen molar-refractivity contribution in [1.82, 2.24) is 9.55 Å². The maximum atomic E-state index is 11.9. The number of methoxy groups -OCH3 is 1. The van der Waals surface area contributed by atoms with Crippen molar-refractivity contribution in [3.8, 4) is 0 Å². The molecule has 88 valence electrons. The van der Waals surface area contributed by atoms with Gasteiger partial charge in [-0.2, -0.15) is 0 Å². The Morgan fingerprint density at radius 1 is 1.35 bits per heavy atom. The molecule has 2 aromatic rings. The average Bonchev–Trinajstić information content (AvgIpc) is 2.95. The van der Waals surface area contributed by atoms with Gasteiger partial charge in [0, 0.05) is 7.05 Å². The number of esters is 1. The Balaban J connectivity index is 2.30. The fraction of sp³-hybridized carbons (Fsp3) is 0.182. The molecule has 0 saturated carbocycles. The molecule has 0 spiro atoms. The lowest BCUT2D eigenvalue weighted by molar-refractivity contribution is 0.0563. The van der Waals surface area contributed by atoms with Crippen LogP contribution in [0.1, 0.15) is 26.8 Å². The van der Waals surface area contributed by atoms with E-state index in [1.165, 1.54) is 31.8 Å². The highest BCUT2D eigenvalue weighted by atomic mass is 16.5. The summed E-state index contributed by atoms with van der Waals surface area (Å²) in [6, 6.07) is 2.83. The van der Waals surface area contributed by atoms with Gasteiger partial charge in [0.1, 0.15) is 5.69 Å². The molecular weight excluding hydrogens is 224 g/mol. The Hall–Kier alpha value is -2.37. The van der Waals surface area contributed by atoms with Gasteiger partial charge in [0.25, 0.3) is 0 Å². The van der Waals surface area contributed by atoms with Crippen LogP contribution in [0.5, 0.6) is 0 Å². The van der Waals surface area contributed by atoms with Gasteiger partial charge < -0.3 is 13.7 Å². The number of ketones is 1.